The number of benzene rings is 1. The number of nitrogens with zero attached hydrogens (tertiary/aromatic N) is 3. The number of hydrogen-bond donors (Lipinski definition) is 2. The average molecular weight is 295 g/mol. The Kier molecular flexibility index (Phi) is 3.70. The van der Waals surface area contributed by atoms with Crippen LogP contribution in [0.5, 0.6) is 0 Å². The molecule has 0 saturated heterocycles. The maximum atomic E-state index is 5.06. The quantitative estimate of drug-likeness (QED) is 0.709. The molecule has 21 heavy (non-hydrogen) atoms. The predicted octanol–water partition coefficient (Wildman–Crippen LogP) is 2.61. The van der Waals surface area contributed by atoms with E-state index < -0.39 is 0 Å². The predicted molar refractivity (Wildman–Crippen MR) is 88.0 cm³/mol. The second kappa shape index (κ2) is 5.80. The molecule has 0 aliphatic rings. The minimum Gasteiger partial charge on any atom is -0.365 e. The van der Waals surface area contributed by atoms with Crippen LogP contribution in [0.2, 0.25) is 0 Å². The van der Waals surface area contributed by atoms with Gasteiger partial charge in [-0.15, -0.1) is 0 Å². The molecule has 0 spiro atoms. The summed E-state index contributed by atoms with van der Waals surface area (Å²) in [6.45, 7) is 0. The smallest absolute Gasteiger partial charge is 0.180 e. The molecule has 2 heterocycles. The van der Waals surface area contributed by atoms with E-state index in [0.29, 0.717) is 16.6 Å². The highest BCUT2D eigenvalue weighted by molar-refractivity contribution is 7.80. The Morgan fingerprint density at radius 2 is 1.86 bits per heavy atom. The molecule has 0 radical (unpaired) electrons. The van der Waals surface area contributed by atoms with Crippen LogP contribution in [0, 0.1) is 0 Å². The third-order valence-corrected chi connectivity index (χ3v) is 3.25. The number of nitrogens with one attached hydrogen (secondary N) is 2. The summed E-state index contributed by atoms with van der Waals surface area (Å²) in [4.78, 5) is 13.4. The Balaban J connectivity index is 2.01. The van der Waals surface area contributed by atoms with E-state index >= 15 is 0 Å². The summed E-state index contributed by atoms with van der Waals surface area (Å²) in [7, 11) is 1.75. The SMILES string of the molecule is CNC(=S)Nc1ccc2ncc(-c3ccccc3)nc2n1. The van der Waals surface area contributed by atoms with Crippen LogP contribution < -0.4 is 10.6 Å². The normalized spacial score (nSPS) is 10.3. The van der Waals surface area contributed by atoms with Gasteiger partial charge in [0.15, 0.2) is 10.8 Å². The molecule has 1 aromatic carbocycles. The van der Waals surface area contributed by atoms with Gasteiger partial charge >= 0.3 is 0 Å². The monoisotopic (exact) mass is 295 g/mol. The molecule has 0 aliphatic heterocycles. The largest absolute Gasteiger partial charge is 0.365 e. The van der Waals surface area contributed by atoms with Crippen LogP contribution in [0.1, 0.15) is 0 Å². The standard InChI is InChI=1S/C15H13N5S/c1-16-15(21)20-13-8-7-11-14(19-13)18-12(9-17-11)10-5-3-2-4-6-10/h2-9H,1H3,(H2,16,18,19,20,21). The van der Waals surface area contributed by atoms with Gasteiger partial charge in [0.1, 0.15) is 11.3 Å². The van der Waals surface area contributed by atoms with Crippen molar-refractivity contribution in [3.63, 3.8) is 0 Å². The lowest BCUT2D eigenvalue weighted by Crippen LogP contribution is -2.24. The number of hydrogen-bond acceptors (Lipinski definition) is 4. The summed E-state index contributed by atoms with van der Waals surface area (Å²) in [6, 6.07) is 13.6. The van der Waals surface area contributed by atoms with Crippen LogP contribution >= 0.6 is 12.2 Å². The molecule has 0 saturated carbocycles. The number of rotatable bonds is 2. The molecule has 0 atom stereocenters. The highest BCUT2D eigenvalue weighted by Gasteiger charge is 2.05. The van der Waals surface area contributed by atoms with Gasteiger partial charge in [-0.05, 0) is 24.4 Å². The van der Waals surface area contributed by atoms with E-state index in [1.54, 1.807) is 13.2 Å². The minimum atomic E-state index is 0.508. The van der Waals surface area contributed by atoms with Gasteiger partial charge in [-0.25, -0.2) is 9.97 Å². The Bertz CT molecular complexity index is 788. The van der Waals surface area contributed by atoms with Crippen molar-refractivity contribution in [1.29, 1.82) is 0 Å². The zero-order valence-electron chi connectivity index (χ0n) is 11.4. The van der Waals surface area contributed by atoms with Gasteiger partial charge in [-0.3, -0.25) is 4.98 Å². The van der Waals surface area contributed by atoms with Crippen LogP contribution in [0.3, 0.4) is 0 Å². The minimum absolute atomic E-state index is 0.508. The van der Waals surface area contributed by atoms with Crippen LogP contribution in [0.25, 0.3) is 22.4 Å². The Morgan fingerprint density at radius 3 is 2.62 bits per heavy atom. The van der Waals surface area contributed by atoms with E-state index in [9.17, 15) is 0 Å². The lowest BCUT2D eigenvalue weighted by Gasteiger charge is -2.07. The van der Waals surface area contributed by atoms with Crippen molar-refractivity contribution in [3.8, 4) is 11.3 Å². The van der Waals surface area contributed by atoms with E-state index in [1.165, 1.54) is 0 Å². The third kappa shape index (κ3) is 2.95. The first kappa shape index (κ1) is 13.4. The Labute approximate surface area is 127 Å². The summed E-state index contributed by atoms with van der Waals surface area (Å²) >= 11 is 5.06. The zero-order chi connectivity index (χ0) is 14.7. The number of anilines is 1. The average Bonchev–Trinajstić information content (AvgIpc) is 2.55. The second-order valence-corrected chi connectivity index (χ2v) is 4.77. The molecule has 3 aromatic rings. The zero-order valence-corrected chi connectivity index (χ0v) is 12.2. The number of aromatic nitrogens is 3. The van der Waals surface area contributed by atoms with Crippen molar-refractivity contribution in [2.45, 2.75) is 0 Å². The molecule has 2 N–H and O–H groups in total. The fourth-order valence-electron chi connectivity index (χ4n) is 1.89. The second-order valence-electron chi connectivity index (χ2n) is 4.36. The van der Waals surface area contributed by atoms with E-state index in [2.05, 4.69) is 25.6 Å². The molecule has 3 rings (SSSR count). The summed E-state index contributed by atoms with van der Waals surface area (Å²) < 4.78 is 0. The fraction of sp³-hybridized carbons (Fsp3) is 0.0667. The van der Waals surface area contributed by atoms with Crippen molar-refractivity contribution in [2.75, 3.05) is 12.4 Å². The molecule has 6 heteroatoms. The fourth-order valence-corrected chi connectivity index (χ4v) is 2.00. The first-order valence-corrected chi connectivity index (χ1v) is 6.85. The van der Waals surface area contributed by atoms with Crippen molar-refractivity contribution < 1.29 is 0 Å². The molecule has 5 nitrogen and oxygen atoms in total. The van der Waals surface area contributed by atoms with E-state index in [-0.39, 0.29) is 0 Å². The van der Waals surface area contributed by atoms with Crippen molar-refractivity contribution in [3.05, 3.63) is 48.7 Å². The van der Waals surface area contributed by atoms with Crippen LogP contribution in [-0.2, 0) is 0 Å². The summed E-state index contributed by atoms with van der Waals surface area (Å²) in [5.41, 5.74) is 3.14. The maximum Gasteiger partial charge on any atom is 0.180 e. The molecule has 0 amide bonds. The van der Waals surface area contributed by atoms with Crippen LogP contribution in [0.15, 0.2) is 48.7 Å². The first-order chi connectivity index (χ1) is 10.3. The van der Waals surface area contributed by atoms with Crippen LogP contribution in [-0.4, -0.2) is 27.1 Å². The van der Waals surface area contributed by atoms with Crippen molar-refractivity contribution >= 4 is 34.3 Å². The van der Waals surface area contributed by atoms with E-state index in [4.69, 9.17) is 12.2 Å². The number of fused-ring (bicyclic) bond motifs is 1. The highest BCUT2D eigenvalue weighted by Crippen LogP contribution is 2.18. The molecule has 0 bridgehead atoms. The topological polar surface area (TPSA) is 62.7 Å². The van der Waals surface area contributed by atoms with Gasteiger partial charge in [-0.2, -0.15) is 0 Å². The van der Waals surface area contributed by atoms with Gasteiger partial charge in [0.05, 0.1) is 11.9 Å². The third-order valence-electron chi connectivity index (χ3n) is 2.95. The number of pyridine rings is 1. The van der Waals surface area contributed by atoms with Gasteiger partial charge in [0.2, 0.25) is 0 Å². The van der Waals surface area contributed by atoms with Gasteiger partial charge < -0.3 is 10.6 Å². The van der Waals surface area contributed by atoms with Crippen molar-refractivity contribution in [1.82, 2.24) is 20.3 Å². The summed E-state index contributed by atoms with van der Waals surface area (Å²) in [5, 5.41) is 6.34. The summed E-state index contributed by atoms with van der Waals surface area (Å²) in [5.74, 6) is 0.640. The lowest BCUT2D eigenvalue weighted by atomic mass is 10.2. The van der Waals surface area contributed by atoms with E-state index in [1.807, 2.05) is 42.5 Å². The molecule has 0 fully saturated rings. The lowest BCUT2D eigenvalue weighted by molar-refractivity contribution is 1.18. The molecule has 0 unspecified atom stereocenters. The van der Waals surface area contributed by atoms with Crippen molar-refractivity contribution in [2.24, 2.45) is 0 Å². The Morgan fingerprint density at radius 1 is 1.05 bits per heavy atom. The van der Waals surface area contributed by atoms with Gasteiger partial charge in [0, 0.05) is 12.6 Å². The molecular formula is C15H13N5S. The van der Waals surface area contributed by atoms with E-state index in [0.717, 1.165) is 16.8 Å². The molecule has 0 aliphatic carbocycles. The van der Waals surface area contributed by atoms with Gasteiger partial charge in [0.25, 0.3) is 0 Å². The first-order valence-electron chi connectivity index (χ1n) is 6.44. The maximum absolute atomic E-state index is 5.06. The number of thiocarbonyl (C=S) groups is 1. The molecule has 104 valence electrons. The molecular weight excluding hydrogens is 282 g/mol. The summed E-state index contributed by atoms with van der Waals surface area (Å²) in [6.07, 6.45) is 1.75. The van der Waals surface area contributed by atoms with Crippen LogP contribution in [0.4, 0.5) is 5.82 Å². The Hall–Kier alpha value is -2.60. The highest BCUT2D eigenvalue weighted by atomic mass is 32.1. The molecule has 2 aromatic heterocycles. The van der Waals surface area contributed by atoms with Gasteiger partial charge in [-0.1, -0.05) is 30.3 Å².